The van der Waals surface area contributed by atoms with E-state index >= 15 is 0 Å². The van der Waals surface area contributed by atoms with Gasteiger partial charge in [-0.2, -0.15) is 5.10 Å². The van der Waals surface area contributed by atoms with E-state index < -0.39 is 4.92 Å². The molecular formula is C12H8IN3O4. The highest BCUT2D eigenvalue weighted by atomic mass is 127. The van der Waals surface area contributed by atoms with E-state index in [0.717, 1.165) is 3.57 Å². The van der Waals surface area contributed by atoms with E-state index in [2.05, 4.69) is 10.5 Å². The first-order chi connectivity index (χ1) is 9.58. The Balaban J connectivity index is 2.01. The van der Waals surface area contributed by atoms with Gasteiger partial charge in [0.25, 0.3) is 5.91 Å². The number of nitrogens with one attached hydrogen (secondary N) is 1. The third-order valence-electron chi connectivity index (χ3n) is 2.27. The predicted octanol–water partition coefficient (Wildman–Crippen LogP) is 2.56. The highest BCUT2D eigenvalue weighted by Gasteiger charge is 2.11. The summed E-state index contributed by atoms with van der Waals surface area (Å²) in [6.45, 7) is 0. The normalized spacial score (nSPS) is 10.7. The van der Waals surface area contributed by atoms with Crippen LogP contribution in [0.2, 0.25) is 0 Å². The van der Waals surface area contributed by atoms with Gasteiger partial charge in [0.1, 0.15) is 4.92 Å². The first-order valence-corrected chi connectivity index (χ1v) is 6.48. The van der Waals surface area contributed by atoms with Gasteiger partial charge in [-0.1, -0.05) is 12.1 Å². The average molecular weight is 385 g/mol. The van der Waals surface area contributed by atoms with Gasteiger partial charge in [0.2, 0.25) is 0 Å². The summed E-state index contributed by atoms with van der Waals surface area (Å²) in [6, 6.07) is 9.64. The topological polar surface area (TPSA) is 97.7 Å². The molecule has 0 fully saturated rings. The van der Waals surface area contributed by atoms with Crippen LogP contribution >= 0.6 is 22.6 Å². The number of benzene rings is 1. The largest absolute Gasteiger partial charge is 0.433 e. The van der Waals surface area contributed by atoms with Crippen molar-refractivity contribution in [3.63, 3.8) is 0 Å². The molecule has 0 aliphatic heterocycles. The van der Waals surface area contributed by atoms with Crippen molar-refractivity contribution < 1.29 is 14.1 Å². The maximum atomic E-state index is 11.8. The van der Waals surface area contributed by atoms with Crippen molar-refractivity contribution in [1.29, 1.82) is 0 Å². The second kappa shape index (κ2) is 6.28. The summed E-state index contributed by atoms with van der Waals surface area (Å²) in [5, 5.41) is 14.1. The van der Waals surface area contributed by atoms with Crippen LogP contribution in [0, 0.1) is 13.7 Å². The molecule has 1 aromatic carbocycles. The fourth-order valence-corrected chi connectivity index (χ4v) is 2.00. The number of carbonyl (C=O) groups excluding carboxylic acids is 1. The number of nitrogens with zero attached hydrogens (tertiary/aromatic N) is 2. The Kier molecular flexibility index (Phi) is 4.45. The summed E-state index contributed by atoms with van der Waals surface area (Å²) in [5.41, 5.74) is 2.82. The van der Waals surface area contributed by atoms with Crippen molar-refractivity contribution in [2.45, 2.75) is 0 Å². The molecule has 1 heterocycles. The Bertz CT molecular complexity index is 681. The Morgan fingerprint density at radius 2 is 2.10 bits per heavy atom. The van der Waals surface area contributed by atoms with Crippen LogP contribution in [0.15, 0.2) is 45.9 Å². The second-order valence-corrected chi connectivity index (χ2v) is 4.77. The van der Waals surface area contributed by atoms with Gasteiger partial charge in [0.15, 0.2) is 5.76 Å². The Morgan fingerprint density at radius 3 is 2.75 bits per heavy atom. The van der Waals surface area contributed by atoms with Crippen LogP contribution in [0.1, 0.15) is 16.1 Å². The fourth-order valence-electron chi connectivity index (χ4n) is 1.37. The van der Waals surface area contributed by atoms with E-state index in [1.54, 1.807) is 18.2 Å². The van der Waals surface area contributed by atoms with E-state index in [1.165, 1.54) is 18.3 Å². The number of hydrogen-bond donors (Lipinski definition) is 1. The minimum atomic E-state index is -0.651. The molecule has 0 saturated heterocycles. The number of hydrogen-bond acceptors (Lipinski definition) is 5. The lowest BCUT2D eigenvalue weighted by Crippen LogP contribution is -2.18. The minimum Gasteiger partial charge on any atom is -0.400 e. The molecule has 0 unspecified atom stereocenters. The lowest BCUT2D eigenvalue weighted by atomic mass is 10.2. The number of halogens is 1. The molecule has 0 spiro atoms. The molecule has 8 heteroatoms. The van der Waals surface area contributed by atoms with Gasteiger partial charge in [-0.25, -0.2) is 5.43 Å². The van der Waals surface area contributed by atoms with E-state index in [9.17, 15) is 14.9 Å². The van der Waals surface area contributed by atoms with Gasteiger partial charge < -0.3 is 4.42 Å². The first kappa shape index (κ1) is 14.2. The van der Waals surface area contributed by atoms with Crippen molar-refractivity contribution in [1.82, 2.24) is 5.43 Å². The maximum Gasteiger partial charge on any atom is 0.433 e. The molecule has 0 aliphatic rings. The van der Waals surface area contributed by atoms with E-state index in [0.29, 0.717) is 5.56 Å². The van der Waals surface area contributed by atoms with Crippen LogP contribution < -0.4 is 5.43 Å². The molecule has 2 rings (SSSR count). The average Bonchev–Trinajstić information content (AvgIpc) is 2.88. The number of furan rings is 1. The van der Waals surface area contributed by atoms with Crippen LogP contribution in [0.25, 0.3) is 0 Å². The van der Waals surface area contributed by atoms with Gasteiger partial charge in [-0.3, -0.25) is 14.9 Å². The summed E-state index contributed by atoms with van der Waals surface area (Å²) in [5.74, 6) is -0.567. The van der Waals surface area contributed by atoms with Gasteiger partial charge >= 0.3 is 5.88 Å². The Hall–Kier alpha value is -2.23. The molecule has 0 aliphatic carbocycles. The zero-order valence-corrected chi connectivity index (χ0v) is 12.1. The van der Waals surface area contributed by atoms with Crippen LogP contribution in [0.5, 0.6) is 0 Å². The maximum absolute atomic E-state index is 11.8. The molecule has 7 nitrogen and oxygen atoms in total. The number of rotatable bonds is 4. The number of amides is 1. The zero-order chi connectivity index (χ0) is 14.5. The molecular weight excluding hydrogens is 377 g/mol. The fraction of sp³-hybridized carbons (Fsp3) is 0. The highest BCUT2D eigenvalue weighted by molar-refractivity contribution is 14.1. The lowest BCUT2D eigenvalue weighted by molar-refractivity contribution is -0.402. The predicted molar refractivity (Wildman–Crippen MR) is 79.6 cm³/mol. The van der Waals surface area contributed by atoms with Crippen molar-refractivity contribution >= 4 is 40.6 Å². The molecule has 102 valence electrons. The standard InChI is InChI=1S/C12H8IN3O4/c13-10-4-2-1-3-9(10)12(17)15-14-7-8-5-6-11(20-8)16(18)19/h1-7H,(H,15,17)/b14-7+. The summed E-state index contributed by atoms with van der Waals surface area (Å²) >= 11 is 2.04. The van der Waals surface area contributed by atoms with Crippen molar-refractivity contribution in [2.24, 2.45) is 5.10 Å². The third-order valence-corrected chi connectivity index (χ3v) is 3.21. The SMILES string of the molecule is O=C(N/N=C/c1ccc([N+](=O)[O-])o1)c1ccccc1I. The molecule has 0 radical (unpaired) electrons. The summed E-state index contributed by atoms with van der Waals surface area (Å²) in [7, 11) is 0. The summed E-state index contributed by atoms with van der Waals surface area (Å²) < 4.78 is 5.65. The Labute approximate surface area is 127 Å². The zero-order valence-electron chi connectivity index (χ0n) is 9.95. The quantitative estimate of drug-likeness (QED) is 0.379. The van der Waals surface area contributed by atoms with Crippen molar-refractivity contribution in [2.75, 3.05) is 0 Å². The van der Waals surface area contributed by atoms with Crippen LogP contribution in [-0.4, -0.2) is 17.0 Å². The first-order valence-electron chi connectivity index (χ1n) is 5.40. The monoisotopic (exact) mass is 385 g/mol. The third kappa shape index (κ3) is 3.41. The molecule has 1 amide bonds. The lowest BCUT2D eigenvalue weighted by Gasteiger charge is -2.01. The number of carbonyl (C=O) groups is 1. The number of hydrazone groups is 1. The minimum absolute atomic E-state index is 0.180. The van der Waals surface area contributed by atoms with Crippen molar-refractivity contribution in [3.8, 4) is 0 Å². The van der Waals surface area contributed by atoms with Gasteiger partial charge in [-0.05, 0) is 40.8 Å². The van der Waals surface area contributed by atoms with Gasteiger partial charge in [0.05, 0.1) is 17.8 Å². The molecule has 2 aromatic rings. The van der Waals surface area contributed by atoms with E-state index in [4.69, 9.17) is 4.42 Å². The highest BCUT2D eigenvalue weighted by Crippen LogP contribution is 2.14. The Morgan fingerprint density at radius 1 is 1.35 bits per heavy atom. The molecule has 20 heavy (non-hydrogen) atoms. The van der Waals surface area contributed by atoms with Gasteiger partial charge in [0, 0.05) is 3.57 Å². The summed E-state index contributed by atoms with van der Waals surface area (Å²) in [4.78, 5) is 21.6. The van der Waals surface area contributed by atoms with Gasteiger partial charge in [-0.15, -0.1) is 0 Å². The molecule has 0 atom stereocenters. The van der Waals surface area contributed by atoms with Crippen molar-refractivity contribution in [3.05, 3.63) is 61.4 Å². The molecule has 0 saturated carbocycles. The van der Waals surface area contributed by atoms with Crippen LogP contribution in [0.3, 0.4) is 0 Å². The number of nitro groups is 1. The van der Waals surface area contributed by atoms with E-state index in [1.807, 2.05) is 28.7 Å². The van der Waals surface area contributed by atoms with Crippen LogP contribution in [0.4, 0.5) is 5.88 Å². The summed E-state index contributed by atoms with van der Waals surface area (Å²) in [6.07, 6.45) is 1.20. The molecule has 1 aromatic heterocycles. The molecule has 1 N–H and O–H groups in total. The second-order valence-electron chi connectivity index (χ2n) is 3.61. The smallest absolute Gasteiger partial charge is 0.400 e. The van der Waals surface area contributed by atoms with Crippen LogP contribution in [-0.2, 0) is 0 Å². The van der Waals surface area contributed by atoms with E-state index in [-0.39, 0.29) is 17.6 Å². The molecule has 0 bridgehead atoms.